The van der Waals surface area contributed by atoms with Crippen molar-refractivity contribution in [2.45, 2.75) is 20.4 Å². The van der Waals surface area contributed by atoms with Gasteiger partial charge in [0.25, 0.3) is 0 Å². The maximum atomic E-state index is 13.0. The third kappa shape index (κ3) is 3.00. The van der Waals surface area contributed by atoms with E-state index in [1.54, 1.807) is 13.0 Å². The zero-order chi connectivity index (χ0) is 13.1. The fourth-order valence-corrected chi connectivity index (χ4v) is 1.65. The third-order valence-corrected chi connectivity index (χ3v) is 2.42. The van der Waals surface area contributed by atoms with Gasteiger partial charge in [-0.2, -0.15) is 0 Å². The third-order valence-electron chi connectivity index (χ3n) is 2.42. The number of rotatable bonds is 3. The Morgan fingerprint density at radius 3 is 2.50 bits per heavy atom. The number of aromatic nitrogens is 2. The Morgan fingerprint density at radius 2 is 1.83 bits per heavy atom. The minimum Gasteiger partial charge on any atom is -0.366 e. The number of halogens is 2. The van der Waals surface area contributed by atoms with Crippen molar-refractivity contribution in [3.63, 3.8) is 0 Å². The molecule has 18 heavy (non-hydrogen) atoms. The predicted octanol–water partition coefficient (Wildman–Crippen LogP) is 2.98. The van der Waals surface area contributed by atoms with E-state index in [2.05, 4.69) is 15.3 Å². The Labute approximate surface area is 104 Å². The van der Waals surface area contributed by atoms with E-state index in [1.807, 2.05) is 6.92 Å². The fraction of sp³-hybridized carbons (Fsp3) is 0.231. The number of benzene rings is 1. The molecule has 0 unspecified atom stereocenters. The molecule has 0 saturated heterocycles. The lowest BCUT2D eigenvalue weighted by atomic mass is 10.2. The molecule has 1 N–H and O–H groups in total. The van der Waals surface area contributed by atoms with Gasteiger partial charge in [0.15, 0.2) is 11.6 Å². The summed E-state index contributed by atoms with van der Waals surface area (Å²) >= 11 is 0. The summed E-state index contributed by atoms with van der Waals surface area (Å²) < 4.78 is 25.8. The highest BCUT2D eigenvalue weighted by Crippen LogP contribution is 2.11. The van der Waals surface area contributed by atoms with Crippen LogP contribution in [0.1, 0.15) is 17.1 Å². The Balaban J connectivity index is 2.08. The molecule has 0 aliphatic carbocycles. The Kier molecular flexibility index (Phi) is 3.50. The highest BCUT2D eigenvalue weighted by atomic mass is 19.2. The molecular weight excluding hydrogens is 236 g/mol. The molecule has 3 nitrogen and oxygen atoms in total. The van der Waals surface area contributed by atoms with E-state index < -0.39 is 11.6 Å². The van der Waals surface area contributed by atoms with Gasteiger partial charge in [-0.25, -0.2) is 18.7 Å². The van der Waals surface area contributed by atoms with Crippen LogP contribution in [0.3, 0.4) is 0 Å². The number of anilines is 1. The fourth-order valence-electron chi connectivity index (χ4n) is 1.65. The van der Waals surface area contributed by atoms with Crippen LogP contribution < -0.4 is 5.32 Å². The first-order chi connectivity index (χ1) is 8.54. The molecule has 0 bridgehead atoms. The number of hydrogen-bond acceptors (Lipinski definition) is 3. The first-order valence-electron chi connectivity index (χ1n) is 5.54. The van der Waals surface area contributed by atoms with Gasteiger partial charge in [-0.1, -0.05) is 6.07 Å². The Hall–Kier alpha value is -2.04. The van der Waals surface area contributed by atoms with Crippen LogP contribution in [0, 0.1) is 25.5 Å². The zero-order valence-electron chi connectivity index (χ0n) is 10.2. The number of nitrogens with zero attached hydrogens (tertiary/aromatic N) is 2. The van der Waals surface area contributed by atoms with Gasteiger partial charge in [0.2, 0.25) is 0 Å². The summed E-state index contributed by atoms with van der Waals surface area (Å²) in [5.74, 6) is -0.343. The highest BCUT2D eigenvalue weighted by molar-refractivity contribution is 5.37. The molecule has 0 spiro atoms. The van der Waals surface area contributed by atoms with Gasteiger partial charge in [-0.15, -0.1) is 0 Å². The SMILES string of the molecule is Cc1cc(NCc2ccc(F)c(F)c2)nc(C)n1. The van der Waals surface area contributed by atoms with Crippen molar-refractivity contribution in [2.75, 3.05) is 5.32 Å². The van der Waals surface area contributed by atoms with Crippen molar-refractivity contribution < 1.29 is 8.78 Å². The van der Waals surface area contributed by atoms with E-state index in [0.29, 0.717) is 23.8 Å². The van der Waals surface area contributed by atoms with E-state index in [0.717, 1.165) is 11.8 Å². The van der Waals surface area contributed by atoms with Gasteiger partial charge in [-0.3, -0.25) is 0 Å². The van der Waals surface area contributed by atoms with Crippen molar-refractivity contribution in [1.82, 2.24) is 9.97 Å². The van der Waals surface area contributed by atoms with Crippen LogP contribution in [0.15, 0.2) is 24.3 Å². The van der Waals surface area contributed by atoms with E-state index in [4.69, 9.17) is 0 Å². The quantitative estimate of drug-likeness (QED) is 0.908. The van der Waals surface area contributed by atoms with Crippen LogP contribution in [-0.4, -0.2) is 9.97 Å². The summed E-state index contributed by atoms with van der Waals surface area (Å²) in [6, 6.07) is 5.62. The molecule has 0 saturated carbocycles. The van der Waals surface area contributed by atoms with Crippen LogP contribution in [-0.2, 0) is 6.54 Å². The number of nitrogens with one attached hydrogen (secondary N) is 1. The van der Waals surface area contributed by atoms with Gasteiger partial charge in [0, 0.05) is 18.3 Å². The summed E-state index contributed by atoms with van der Waals surface area (Å²) in [5.41, 5.74) is 1.51. The van der Waals surface area contributed by atoms with Crippen LogP contribution in [0.4, 0.5) is 14.6 Å². The van der Waals surface area contributed by atoms with E-state index >= 15 is 0 Å². The molecule has 1 aromatic heterocycles. The van der Waals surface area contributed by atoms with Crippen molar-refractivity contribution in [3.8, 4) is 0 Å². The normalized spacial score (nSPS) is 10.4. The van der Waals surface area contributed by atoms with Crippen molar-refractivity contribution >= 4 is 5.82 Å². The second kappa shape index (κ2) is 5.08. The van der Waals surface area contributed by atoms with E-state index in [-0.39, 0.29) is 0 Å². The molecule has 0 aliphatic rings. The summed E-state index contributed by atoms with van der Waals surface area (Å²) in [5, 5.41) is 3.05. The minimum absolute atomic E-state index is 0.382. The lowest BCUT2D eigenvalue weighted by Crippen LogP contribution is -2.04. The molecule has 2 rings (SSSR count). The first kappa shape index (κ1) is 12.4. The summed E-state index contributed by atoms with van der Waals surface area (Å²) in [4.78, 5) is 8.35. The maximum absolute atomic E-state index is 13.0. The number of hydrogen-bond donors (Lipinski definition) is 1. The van der Waals surface area contributed by atoms with Crippen molar-refractivity contribution in [2.24, 2.45) is 0 Å². The van der Waals surface area contributed by atoms with E-state index in [9.17, 15) is 8.78 Å². The molecule has 1 heterocycles. The van der Waals surface area contributed by atoms with E-state index in [1.165, 1.54) is 12.1 Å². The highest BCUT2D eigenvalue weighted by Gasteiger charge is 2.03. The molecule has 0 aliphatic heterocycles. The molecule has 5 heteroatoms. The average molecular weight is 249 g/mol. The molecule has 2 aromatic rings. The molecule has 94 valence electrons. The summed E-state index contributed by atoms with van der Waals surface area (Å²) in [6.45, 7) is 4.06. The van der Waals surface area contributed by atoms with Gasteiger partial charge in [0.1, 0.15) is 11.6 Å². The van der Waals surface area contributed by atoms with Crippen LogP contribution in [0.2, 0.25) is 0 Å². The lowest BCUT2D eigenvalue weighted by molar-refractivity contribution is 0.507. The lowest BCUT2D eigenvalue weighted by Gasteiger charge is -2.07. The van der Waals surface area contributed by atoms with Crippen LogP contribution in [0.25, 0.3) is 0 Å². The Morgan fingerprint density at radius 1 is 1.06 bits per heavy atom. The summed E-state index contributed by atoms with van der Waals surface area (Å²) in [7, 11) is 0. The van der Waals surface area contributed by atoms with Crippen molar-refractivity contribution in [3.05, 3.63) is 53.0 Å². The van der Waals surface area contributed by atoms with Gasteiger partial charge >= 0.3 is 0 Å². The van der Waals surface area contributed by atoms with Crippen molar-refractivity contribution in [1.29, 1.82) is 0 Å². The largest absolute Gasteiger partial charge is 0.366 e. The van der Waals surface area contributed by atoms with Crippen LogP contribution in [0.5, 0.6) is 0 Å². The average Bonchev–Trinajstić information content (AvgIpc) is 2.29. The van der Waals surface area contributed by atoms with Gasteiger partial charge < -0.3 is 5.32 Å². The van der Waals surface area contributed by atoms with Gasteiger partial charge in [0.05, 0.1) is 0 Å². The monoisotopic (exact) mass is 249 g/mol. The molecular formula is C13H13F2N3. The maximum Gasteiger partial charge on any atom is 0.159 e. The van der Waals surface area contributed by atoms with Gasteiger partial charge in [-0.05, 0) is 31.5 Å². The second-order valence-electron chi connectivity index (χ2n) is 4.04. The molecule has 0 fully saturated rings. The molecule has 0 radical (unpaired) electrons. The topological polar surface area (TPSA) is 37.8 Å². The summed E-state index contributed by atoms with van der Waals surface area (Å²) in [6.07, 6.45) is 0. The smallest absolute Gasteiger partial charge is 0.159 e. The Bertz CT molecular complexity index is 550. The second-order valence-corrected chi connectivity index (χ2v) is 4.04. The zero-order valence-corrected chi connectivity index (χ0v) is 10.2. The molecule has 0 amide bonds. The minimum atomic E-state index is -0.843. The standard InChI is InChI=1S/C13H13F2N3/c1-8-5-13(18-9(2)17-8)16-7-10-3-4-11(14)12(15)6-10/h3-6H,7H2,1-2H3,(H,16,17,18). The molecule has 1 aromatic carbocycles. The van der Waals surface area contributed by atoms with Crippen LogP contribution >= 0.6 is 0 Å². The first-order valence-corrected chi connectivity index (χ1v) is 5.54. The predicted molar refractivity (Wildman–Crippen MR) is 65.2 cm³/mol. The molecule has 0 atom stereocenters. The number of aryl methyl sites for hydroxylation is 2.